The quantitative estimate of drug-likeness (QED) is 0.901. The van der Waals surface area contributed by atoms with Gasteiger partial charge in [-0.15, -0.1) is 0 Å². The largest absolute Gasteiger partial charge is 0.481 e. The molecule has 0 saturated heterocycles. The van der Waals surface area contributed by atoms with Gasteiger partial charge >= 0.3 is 5.97 Å². The van der Waals surface area contributed by atoms with Crippen LogP contribution in [0.5, 0.6) is 0 Å². The molecule has 3 rings (SSSR count). The molecule has 0 radical (unpaired) electrons. The molecule has 1 aromatic heterocycles. The fourth-order valence-corrected chi connectivity index (χ4v) is 3.03. The summed E-state index contributed by atoms with van der Waals surface area (Å²) in [5.41, 5.74) is 1.43. The lowest BCUT2D eigenvalue weighted by Gasteiger charge is -2.25. The molecule has 24 heavy (non-hydrogen) atoms. The first-order valence-corrected chi connectivity index (χ1v) is 8.04. The number of carboxylic acid groups (broad SMARTS) is 1. The number of hydrogen-bond donors (Lipinski definition) is 2. The maximum atomic E-state index is 12.3. The molecule has 1 saturated carbocycles. The van der Waals surface area contributed by atoms with Crippen LogP contribution in [0.4, 0.5) is 5.69 Å². The molecule has 1 amide bonds. The van der Waals surface area contributed by atoms with Gasteiger partial charge in [-0.3, -0.25) is 9.59 Å². The zero-order valence-corrected chi connectivity index (χ0v) is 13.2. The summed E-state index contributed by atoms with van der Waals surface area (Å²) in [4.78, 5) is 32.0. The maximum absolute atomic E-state index is 12.3. The third-order valence-corrected chi connectivity index (χ3v) is 4.35. The van der Waals surface area contributed by atoms with Crippen LogP contribution in [0.25, 0.3) is 11.4 Å². The van der Waals surface area contributed by atoms with E-state index in [2.05, 4.69) is 15.3 Å². The normalized spacial score (nSPS) is 20.3. The number of carbonyl (C=O) groups is 2. The highest BCUT2D eigenvalue weighted by molar-refractivity contribution is 5.92. The number of aromatic nitrogens is 2. The third-order valence-electron chi connectivity index (χ3n) is 4.35. The number of amides is 1. The summed E-state index contributed by atoms with van der Waals surface area (Å²) < 4.78 is 0. The minimum Gasteiger partial charge on any atom is -0.481 e. The van der Waals surface area contributed by atoms with Crippen molar-refractivity contribution in [2.45, 2.75) is 25.7 Å². The predicted molar refractivity (Wildman–Crippen MR) is 89.2 cm³/mol. The van der Waals surface area contributed by atoms with Crippen LogP contribution >= 0.6 is 0 Å². The van der Waals surface area contributed by atoms with E-state index >= 15 is 0 Å². The Kier molecular flexibility index (Phi) is 4.84. The van der Waals surface area contributed by atoms with Gasteiger partial charge in [0.1, 0.15) is 0 Å². The van der Waals surface area contributed by atoms with Crippen LogP contribution in [0.2, 0.25) is 0 Å². The molecule has 1 heterocycles. The van der Waals surface area contributed by atoms with E-state index in [1.807, 2.05) is 30.3 Å². The zero-order chi connectivity index (χ0) is 16.9. The second-order valence-corrected chi connectivity index (χ2v) is 6.05. The average Bonchev–Trinajstić information content (AvgIpc) is 2.63. The molecule has 6 nitrogen and oxygen atoms in total. The van der Waals surface area contributed by atoms with Gasteiger partial charge in [0.05, 0.1) is 24.0 Å². The number of nitrogens with one attached hydrogen (secondary N) is 1. The monoisotopic (exact) mass is 325 g/mol. The molecular formula is C18H19N3O3. The molecule has 2 N–H and O–H groups in total. The molecular weight excluding hydrogens is 306 g/mol. The van der Waals surface area contributed by atoms with Crippen LogP contribution < -0.4 is 5.32 Å². The number of benzene rings is 1. The summed E-state index contributed by atoms with van der Waals surface area (Å²) in [6.45, 7) is 0. The lowest BCUT2D eigenvalue weighted by Crippen LogP contribution is -2.31. The molecule has 2 atom stereocenters. The van der Waals surface area contributed by atoms with Gasteiger partial charge in [0.2, 0.25) is 5.91 Å². The Labute approximate surface area is 140 Å². The van der Waals surface area contributed by atoms with Crippen LogP contribution in [-0.2, 0) is 9.59 Å². The van der Waals surface area contributed by atoms with Crippen molar-refractivity contribution in [1.29, 1.82) is 0 Å². The van der Waals surface area contributed by atoms with Crippen LogP contribution in [0.3, 0.4) is 0 Å². The standard InChI is InChI=1S/C18H19N3O3/c22-17(13-7-4-8-14(9-13)18(23)24)21-15-10-19-16(20-11-15)12-5-2-1-3-6-12/h1-3,5-6,10-11,13-14H,4,7-9H2,(H,21,22)(H,23,24)/t13-,14+/m0/s1. The molecule has 6 heteroatoms. The second kappa shape index (κ2) is 7.21. The van der Waals surface area contributed by atoms with E-state index in [-0.39, 0.29) is 11.8 Å². The Morgan fingerprint density at radius 3 is 2.38 bits per heavy atom. The van der Waals surface area contributed by atoms with Gasteiger partial charge in [0.25, 0.3) is 0 Å². The van der Waals surface area contributed by atoms with Gasteiger partial charge in [0, 0.05) is 11.5 Å². The molecule has 0 spiro atoms. The minimum absolute atomic E-state index is 0.156. The van der Waals surface area contributed by atoms with Crippen LogP contribution in [-0.4, -0.2) is 27.0 Å². The van der Waals surface area contributed by atoms with Gasteiger partial charge < -0.3 is 10.4 Å². The van der Waals surface area contributed by atoms with E-state index in [0.717, 1.165) is 18.4 Å². The van der Waals surface area contributed by atoms with E-state index in [9.17, 15) is 9.59 Å². The topological polar surface area (TPSA) is 92.2 Å². The molecule has 1 aliphatic rings. The van der Waals surface area contributed by atoms with Gasteiger partial charge in [-0.2, -0.15) is 0 Å². The lowest BCUT2D eigenvalue weighted by atomic mass is 9.81. The van der Waals surface area contributed by atoms with Crippen LogP contribution in [0, 0.1) is 11.8 Å². The maximum Gasteiger partial charge on any atom is 0.306 e. The van der Waals surface area contributed by atoms with Gasteiger partial charge in [-0.1, -0.05) is 36.8 Å². The lowest BCUT2D eigenvalue weighted by molar-refractivity contribution is -0.143. The Morgan fingerprint density at radius 1 is 1.04 bits per heavy atom. The number of carboxylic acids is 1. The number of aliphatic carboxylic acids is 1. The van der Waals surface area contributed by atoms with Crippen molar-refractivity contribution >= 4 is 17.6 Å². The second-order valence-electron chi connectivity index (χ2n) is 6.05. The Balaban J connectivity index is 1.63. The van der Waals surface area contributed by atoms with Crippen molar-refractivity contribution in [2.75, 3.05) is 5.32 Å². The van der Waals surface area contributed by atoms with Gasteiger partial charge in [-0.05, 0) is 19.3 Å². The highest BCUT2D eigenvalue weighted by Crippen LogP contribution is 2.30. The molecule has 1 aliphatic carbocycles. The Bertz CT molecular complexity index is 716. The molecule has 0 aliphatic heterocycles. The van der Waals surface area contributed by atoms with Crippen molar-refractivity contribution < 1.29 is 14.7 Å². The van der Waals surface area contributed by atoms with E-state index in [4.69, 9.17) is 5.11 Å². The fourth-order valence-electron chi connectivity index (χ4n) is 3.03. The van der Waals surface area contributed by atoms with Crippen LogP contribution in [0.1, 0.15) is 25.7 Å². The smallest absolute Gasteiger partial charge is 0.306 e. The molecule has 0 bridgehead atoms. The van der Waals surface area contributed by atoms with E-state index in [1.165, 1.54) is 0 Å². The number of anilines is 1. The van der Waals surface area contributed by atoms with Crippen molar-refractivity contribution in [3.05, 3.63) is 42.7 Å². The first-order chi connectivity index (χ1) is 11.6. The molecule has 2 aromatic rings. The van der Waals surface area contributed by atoms with Crippen molar-refractivity contribution in [3.63, 3.8) is 0 Å². The van der Waals surface area contributed by atoms with E-state index in [0.29, 0.717) is 24.4 Å². The number of hydrogen-bond acceptors (Lipinski definition) is 4. The zero-order valence-electron chi connectivity index (χ0n) is 13.2. The SMILES string of the molecule is O=C(O)[C@@H]1CCC[C@H](C(=O)Nc2cnc(-c3ccccc3)nc2)C1. The first-order valence-electron chi connectivity index (χ1n) is 8.04. The molecule has 1 fully saturated rings. The van der Waals surface area contributed by atoms with Gasteiger partial charge in [-0.25, -0.2) is 9.97 Å². The fraction of sp³-hybridized carbons (Fsp3) is 0.333. The summed E-state index contributed by atoms with van der Waals surface area (Å²) in [6, 6.07) is 9.59. The Morgan fingerprint density at radius 2 is 1.71 bits per heavy atom. The Hall–Kier alpha value is -2.76. The van der Waals surface area contributed by atoms with E-state index < -0.39 is 11.9 Å². The summed E-state index contributed by atoms with van der Waals surface area (Å²) in [5, 5.41) is 11.9. The highest BCUT2D eigenvalue weighted by atomic mass is 16.4. The first kappa shape index (κ1) is 16.1. The van der Waals surface area contributed by atoms with Crippen LogP contribution in [0.15, 0.2) is 42.7 Å². The van der Waals surface area contributed by atoms with Crippen molar-refractivity contribution in [3.8, 4) is 11.4 Å². The predicted octanol–water partition coefficient (Wildman–Crippen LogP) is 2.97. The third kappa shape index (κ3) is 3.76. The molecule has 124 valence electrons. The van der Waals surface area contributed by atoms with Crippen molar-refractivity contribution in [1.82, 2.24) is 9.97 Å². The summed E-state index contributed by atoms with van der Waals surface area (Å²) >= 11 is 0. The molecule has 0 unspecified atom stereocenters. The van der Waals surface area contributed by atoms with Gasteiger partial charge in [0.15, 0.2) is 5.82 Å². The average molecular weight is 325 g/mol. The summed E-state index contributed by atoms with van der Waals surface area (Å²) in [5.74, 6) is -1.07. The summed E-state index contributed by atoms with van der Waals surface area (Å²) in [6.07, 6.45) is 5.67. The number of carbonyl (C=O) groups excluding carboxylic acids is 1. The van der Waals surface area contributed by atoms with E-state index in [1.54, 1.807) is 12.4 Å². The minimum atomic E-state index is -0.817. The highest BCUT2D eigenvalue weighted by Gasteiger charge is 2.31. The number of nitrogens with zero attached hydrogens (tertiary/aromatic N) is 2. The van der Waals surface area contributed by atoms with Crippen molar-refractivity contribution in [2.24, 2.45) is 11.8 Å². The number of rotatable bonds is 4. The summed E-state index contributed by atoms with van der Waals surface area (Å²) in [7, 11) is 0. The molecule has 1 aromatic carbocycles.